The lowest BCUT2D eigenvalue weighted by Gasteiger charge is -2.26. The Morgan fingerprint density at radius 2 is 2.42 bits per heavy atom. The predicted molar refractivity (Wildman–Crippen MR) is 76.7 cm³/mol. The smallest absolute Gasteiger partial charge is 0.111 e. The Hall–Kier alpha value is -1.17. The Balaban J connectivity index is 1.86. The van der Waals surface area contributed by atoms with Crippen LogP contribution in [-0.2, 0) is 4.74 Å². The average Bonchev–Trinajstić information content (AvgIpc) is 3.07. The Kier molecular flexibility index (Phi) is 3.68. The summed E-state index contributed by atoms with van der Waals surface area (Å²) in [5.74, 6) is 0. The van der Waals surface area contributed by atoms with E-state index in [-0.39, 0.29) is 6.10 Å². The monoisotopic (exact) mass is 277 g/mol. The molecule has 0 bridgehead atoms. The van der Waals surface area contributed by atoms with E-state index in [4.69, 9.17) is 4.74 Å². The van der Waals surface area contributed by atoms with Crippen LogP contribution in [0.3, 0.4) is 0 Å². The number of nitrogens with one attached hydrogen (secondary N) is 1. The zero-order chi connectivity index (χ0) is 13.2. The van der Waals surface area contributed by atoms with E-state index in [2.05, 4.69) is 40.8 Å². The summed E-state index contributed by atoms with van der Waals surface area (Å²) in [5, 5.41) is 3.37. The lowest BCUT2D eigenvalue weighted by atomic mass is 10.2. The first-order valence-corrected chi connectivity index (χ1v) is 7.47. The number of morpholine rings is 1. The van der Waals surface area contributed by atoms with Crippen molar-refractivity contribution >= 4 is 11.3 Å². The molecule has 0 aromatic carbocycles. The van der Waals surface area contributed by atoms with Crippen molar-refractivity contribution < 1.29 is 4.74 Å². The van der Waals surface area contributed by atoms with E-state index in [1.165, 1.54) is 9.75 Å². The average molecular weight is 277 g/mol. The first-order chi connectivity index (χ1) is 9.25. The Morgan fingerprint density at radius 3 is 3.11 bits per heavy atom. The van der Waals surface area contributed by atoms with Crippen LogP contribution in [0.2, 0.25) is 0 Å². The van der Waals surface area contributed by atoms with Gasteiger partial charge in [0.15, 0.2) is 0 Å². The number of aryl methyl sites for hydroxylation is 1. The summed E-state index contributed by atoms with van der Waals surface area (Å²) in [4.78, 5) is 7.02. The van der Waals surface area contributed by atoms with E-state index in [0.717, 1.165) is 25.4 Å². The minimum absolute atomic E-state index is 0.111. The number of ether oxygens (including phenoxy) is 1. The maximum Gasteiger partial charge on any atom is 0.111 e. The third kappa shape index (κ3) is 2.59. The van der Waals surface area contributed by atoms with Gasteiger partial charge in [0.2, 0.25) is 0 Å². The molecule has 2 aromatic heterocycles. The van der Waals surface area contributed by atoms with E-state index in [9.17, 15) is 0 Å². The van der Waals surface area contributed by atoms with E-state index in [0.29, 0.717) is 6.04 Å². The number of hydrogen-bond acceptors (Lipinski definition) is 4. The molecule has 0 aliphatic carbocycles. The van der Waals surface area contributed by atoms with Gasteiger partial charge in [0.25, 0.3) is 0 Å². The standard InChI is InChI=1S/C14H19N3OS/c1-10-3-4-14(19-10)11(2)17-9-16-7-12(17)13-8-15-5-6-18-13/h3-4,7,9,11,13,15H,5-6,8H2,1-2H3. The first kappa shape index (κ1) is 12.8. The van der Waals surface area contributed by atoms with Crippen molar-refractivity contribution in [3.63, 3.8) is 0 Å². The SMILES string of the molecule is Cc1ccc(C(C)n2cncc2C2CNCCO2)s1. The number of aromatic nitrogens is 2. The van der Waals surface area contributed by atoms with Crippen LogP contribution in [0.25, 0.3) is 0 Å². The van der Waals surface area contributed by atoms with E-state index >= 15 is 0 Å². The molecule has 0 radical (unpaired) electrons. The van der Waals surface area contributed by atoms with Crippen molar-refractivity contribution in [1.29, 1.82) is 0 Å². The van der Waals surface area contributed by atoms with Crippen LogP contribution in [0.5, 0.6) is 0 Å². The molecule has 1 aliphatic rings. The summed E-state index contributed by atoms with van der Waals surface area (Å²) in [6, 6.07) is 4.68. The maximum atomic E-state index is 5.83. The molecule has 3 heterocycles. The van der Waals surface area contributed by atoms with Gasteiger partial charge in [-0.3, -0.25) is 0 Å². The second-order valence-electron chi connectivity index (χ2n) is 4.91. The van der Waals surface area contributed by atoms with E-state index in [1.54, 1.807) is 0 Å². The molecule has 2 unspecified atom stereocenters. The van der Waals surface area contributed by atoms with Crippen LogP contribution >= 0.6 is 11.3 Å². The van der Waals surface area contributed by atoms with Crippen LogP contribution in [0.15, 0.2) is 24.7 Å². The quantitative estimate of drug-likeness (QED) is 0.937. The van der Waals surface area contributed by atoms with Crippen LogP contribution < -0.4 is 5.32 Å². The van der Waals surface area contributed by atoms with Crippen molar-refractivity contribution in [2.45, 2.75) is 26.0 Å². The largest absolute Gasteiger partial charge is 0.369 e. The van der Waals surface area contributed by atoms with Gasteiger partial charge in [0.1, 0.15) is 6.10 Å². The molecule has 102 valence electrons. The van der Waals surface area contributed by atoms with Crippen LogP contribution in [0.1, 0.15) is 34.5 Å². The molecule has 4 nitrogen and oxygen atoms in total. The third-order valence-electron chi connectivity index (χ3n) is 3.54. The number of nitrogens with zero attached hydrogens (tertiary/aromatic N) is 2. The highest BCUT2D eigenvalue weighted by Gasteiger charge is 2.22. The highest BCUT2D eigenvalue weighted by Crippen LogP contribution is 2.29. The summed E-state index contributed by atoms with van der Waals surface area (Å²) in [6.07, 6.45) is 3.95. The van der Waals surface area contributed by atoms with Crippen molar-refractivity contribution in [2.24, 2.45) is 0 Å². The van der Waals surface area contributed by atoms with Crippen molar-refractivity contribution in [2.75, 3.05) is 19.7 Å². The minimum atomic E-state index is 0.111. The number of rotatable bonds is 3. The van der Waals surface area contributed by atoms with Crippen molar-refractivity contribution in [3.05, 3.63) is 40.1 Å². The Bertz CT molecular complexity index is 542. The van der Waals surface area contributed by atoms with Crippen LogP contribution in [-0.4, -0.2) is 29.2 Å². The fraction of sp³-hybridized carbons (Fsp3) is 0.500. The highest BCUT2D eigenvalue weighted by atomic mass is 32.1. The topological polar surface area (TPSA) is 39.1 Å². The molecular formula is C14H19N3OS. The molecule has 3 rings (SSSR count). The fourth-order valence-corrected chi connectivity index (χ4v) is 3.39. The van der Waals surface area contributed by atoms with Gasteiger partial charge in [0.05, 0.1) is 30.9 Å². The lowest BCUT2D eigenvalue weighted by molar-refractivity contribution is 0.0225. The van der Waals surface area contributed by atoms with Gasteiger partial charge >= 0.3 is 0 Å². The molecule has 1 saturated heterocycles. The third-order valence-corrected chi connectivity index (χ3v) is 4.71. The van der Waals surface area contributed by atoms with Gasteiger partial charge in [-0.1, -0.05) is 0 Å². The lowest BCUT2D eigenvalue weighted by Crippen LogP contribution is -2.34. The van der Waals surface area contributed by atoms with E-state index in [1.807, 2.05) is 23.9 Å². The van der Waals surface area contributed by atoms with Gasteiger partial charge in [-0.15, -0.1) is 11.3 Å². The summed E-state index contributed by atoms with van der Waals surface area (Å²) >= 11 is 1.84. The van der Waals surface area contributed by atoms with Crippen LogP contribution in [0.4, 0.5) is 0 Å². The van der Waals surface area contributed by atoms with Crippen molar-refractivity contribution in [3.8, 4) is 0 Å². The maximum absolute atomic E-state index is 5.83. The van der Waals surface area contributed by atoms with Crippen LogP contribution in [0, 0.1) is 6.92 Å². The van der Waals surface area contributed by atoms with Crippen molar-refractivity contribution in [1.82, 2.24) is 14.9 Å². The predicted octanol–water partition coefficient (Wildman–Crippen LogP) is 2.52. The molecule has 0 saturated carbocycles. The molecule has 2 aromatic rings. The molecule has 0 spiro atoms. The second kappa shape index (κ2) is 5.45. The molecule has 1 fully saturated rings. The Morgan fingerprint density at radius 1 is 1.53 bits per heavy atom. The van der Waals surface area contributed by atoms with Gasteiger partial charge < -0.3 is 14.6 Å². The number of imidazole rings is 1. The van der Waals surface area contributed by atoms with E-state index < -0.39 is 0 Å². The summed E-state index contributed by atoms with van der Waals surface area (Å²) in [6.45, 7) is 6.92. The Labute approximate surface area is 117 Å². The second-order valence-corrected chi connectivity index (χ2v) is 6.23. The highest BCUT2D eigenvalue weighted by molar-refractivity contribution is 7.12. The summed E-state index contributed by atoms with van der Waals surface area (Å²) < 4.78 is 8.06. The minimum Gasteiger partial charge on any atom is -0.369 e. The zero-order valence-corrected chi connectivity index (χ0v) is 12.1. The number of thiophene rings is 1. The molecule has 19 heavy (non-hydrogen) atoms. The first-order valence-electron chi connectivity index (χ1n) is 6.66. The zero-order valence-electron chi connectivity index (χ0n) is 11.3. The summed E-state index contributed by atoms with van der Waals surface area (Å²) in [7, 11) is 0. The summed E-state index contributed by atoms with van der Waals surface area (Å²) in [5.41, 5.74) is 1.16. The number of hydrogen-bond donors (Lipinski definition) is 1. The fourth-order valence-electron chi connectivity index (χ4n) is 2.46. The van der Waals surface area contributed by atoms with Gasteiger partial charge in [-0.05, 0) is 26.0 Å². The van der Waals surface area contributed by atoms with Gasteiger partial charge in [-0.2, -0.15) is 0 Å². The molecule has 2 atom stereocenters. The molecule has 1 N–H and O–H groups in total. The van der Waals surface area contributed by atoms with Gasteiger partial charge in [0, 0.05) is 22.8 Å². The normalized spacial score (nSPS) is 21.5. The molecule has 0 amide bonds. The molecule has 5 heteroatoms. The molecular weight excluding hydrogens is 258 g/mol. The molecule has 1 aliphatic heterocycles. The van der Waals surface area contributed by atoms with Gasteiger partial charge in [-0.25, -0.2) is 4.98 Å².